The van der Waals surface area contributed by atoms with E-state index in [9.17, 15) is 13.2 Å². The molecule has 0 unspecified atom stereocenters. The van der Waals surface area contributed by atoms with E-state index in [1.165, 1.54) is 0 Å². The van der Waals surface area contributed by atoms with Crippen molar-refractivity contribution >= 4 is 15.9 Å². The van der Waals surface area contributed by atoms with Crippen LogP contribution in [0.4, 0.5) is 0 Å². The summed E-state index contributed by atoms with van der Waals surface area (Å²) < 4.78 is 33.7. The van der Waals surface area contributed by atoms with Gasteiger partial charge in [-0.15, -0.1) is 0 Å². The SMILES string of the molecule is CN1CCC(C(=O)N2CCC3(CC2)CN(S(=O)(=O)c2ccccc2)CCO3)CC1. The van der Waals surface area contributed by atoms with Gasteiger partial charge in [0.15, 0.2) is 0 Å². The molecule has 4 rings (SSSR count). The van der Waals surface area contributed by atoms with E-state index in [1.54, 1.807) is 28.6 Å². The van der Waals surface area contributed by atoms with E-state index >= 15 is 0 Å². The van der Waals surface area contributed by atoms with Crippen molar-refractivity contribution in [3.63, 3.8) is 0 Å². The van der Waals surface area contributed by atoms with E-state index in [0.29, 0.717) is 50.5 Å². The Morgan fingerprint density at radius 2 is 1.69 bits per heavy atom. The standard InChI is InChI=1S/C21H31N3O4S/c1-22-11-7-18(8-12-22)20(25)23-13-9-21(10-14-23)17-24(15-16-28-21)29(26,27)19-5-3-2-4-6-19/h2-6,18H,7-17H2,1H3. The maximum absolute atomic E-state index is 13.0. The summed E-state index contributed by atoms with van der Waals surface area (Å²) in [6, 6.07) is 8.59. The summed E-state index contributed by atoms with van der Waals surface area (Å²) in [6.07, 6.45) is 3.23. The lowest BCUT2D eigenvalue weighted by molar-refractivity contribution is -0.149. The molecule has 3 aliphatic heterocycles. The van der Waals surface area contributed by atoms with Gasteiger partial charge >= 0.3 is 0 Å². The van der Waals surface area contributed by atoms with Gasteiger partial charge in [-0.2, -0.15) is 4.31 Å². The predicted octanol–water partition coefficient (Wildman–Crippen LogP) is 1.41. The van der Waals surface area contributed by atoms with E-state index in [1.807, 2.05) is 11.0 Å². The van der Waals surface area contributed by atoms with Gasteiger partial charge in [-0.25, -0.2) is 8.42 Å². The molecule has 3 aliphatic rings. The number of rotatable bonds is 3. The summed E-state index contributed by atoms with van der Waals surface area (Å²) in [4.78, 5) is 17.5. The fourth-order valence-corrected chi connectivity index (χ4v) is 6.23. The van der Waals surface area contributed by atoms with Gasteiger partial charge in [0.05, 0.1) is 17.1 Å². The smallest absolute Gasteiger partial charge is 0.243 e. The Morgan fingerprint density at radius 1 is 1.03 bits per heavy atom. The first-order valence-corrected chi connectivity index (χ1v) is 12.0. The third kappa shape index (κ3) is 4.35. The zero-order valence-corrected chi connectivity index (χ0v) is 17.9. The average Bonchev–Trinajstić information content (AvgIpc) is 2.75. The molecule has 7 nitrogen and oxygen atoms in total. The minimum absolute atomic E-state index is 0.127. The van der Waals surface area contributed by atoms with E-state index in [4.69, 9.17) is 4.74 Å². The number of hydrogen-bond acceptors (Lipinski definition) is 5. The summed E-state index contributed by atoms with van der Waals surface area (Å²) in [5, 5.41) is 0. The molecule has 0 bridgehead atoms. The molecule has 1 aromatic carbocycles. The first-order valence-electron chi connectivity index (χ1n) is 10.6. The molecule has 1 spiro atoms. The van der Waals surface area contributed by atoms with Crippen LogP contribution >= 0.6 is 0 Å². The molecule has 8 heteroatoms. The number of morpholine rings is 1. The maximum atomic E-state index is 13.0. The highest BCUT2D eigenvalue weighted by molar-refractivity contribution is 7.89. The lowest BCUT2D eigenvalue weighted by Gasteiger charge is -2.47. The van der Waals surface area contributed by atoms with Crippen molar-refractivity contribution in [1.29, 1.82) is 0 Å². The highest BCUT2D eigenvalue weighted by atomic mass is 32.2. The van der Waals surface area contributed by atoms with Crippen LogP contribution in [0.3, 0.4) is 0 Å². The van der Waals surface area contributed by atoms with Crippen LogP contribution in [-0.4, -0.2) is 87.0 Å². The molecule has 3 saturated heterocycles. The molecular weight excluding hydrogens is 390 g/mol. The van der Waals surface area contributed by atoms with Gasteiger partial charge in [-0.05, 0) is 58.0 Å². The average molecular weight is 422 g/mol. The van der Waals surface area contributed by atoms with Crippen LogP contribution in [0.1, 0.15) is 25.7 Å². The highest BCUT2D eigenvalue weighted by Crippen LogP contribution is 2.33. The third-order valence-corrected chi connectivity index (χ3v) is 8.51. The molecule has 0 saturated carbocycles. The number of carbonyl (C=O) groups excluding carboxylic acids is 1. The Labute approximate surface area is 173 Å². The Kier molecular flexibility index (Phi) is 5.97. The monoisotopic (exact) mass is 421 g/mol. The number of nitrogens with zero attached hydrogens (tertiary/aromatic N) is 3. The number of piperidine rings is 2. The second kappa shape index (κ2) is 8.34. The van der Waals surface area contributed by atoms with Crippen molar-refractivity contribution in [1.82, 2.24) is 14.1 Å². The summed E-state index contributed by atoms with van der Waals surface area (Å²) in [5.41, 5.74) is -0.482. The molecule has 3 fully saturated rings. The lowest BCUT2D eigenvalue weighted by atomic mass is 9.88. The Morgan fingerprint density at radius 3 is 2.34 bits per heavy atom. The van der Waals surface area contributed by atoms with Gasteiger partial charge in [-0.1, -0.05) is 18.2 Å². The van der Waals surface area contributed by atoms with E-state index < -0.39 is 15.6 Å². The predicted molar refractivity (Wildman–Crippen MR) is 110 cm³/mol. The van der Waals surface area contributed by atoms with Gasteiger partial charge in [-0.3, -0.25) is 4.79 Å². The number of ether oxygens (including phenoxy) is 1. The van der Waals surface area contributed by atoms with E-state index in [-0.39, 0.29) is 11.8 Å². The van der Waals surface area contributed by atoms with Crippen molar-refractivity contribution in [3.05, 3.63) is 30.3 Å². The van der Waals surface area contributed by atoms with Crippen molar-refractivity contribution in [2.75, 3.05) is 52.9 Å². The Balaban J connectivity index is 1.38. The highest BCUT2D eigenvalue weighted by Gasteiger charge is 2.44. The zero-order valence-electron chi connectivity index (χ0n) is 17.1. The molecule has 1 amide bonds. The first-order chi connectivity index (χ1) is 13.9. The molecular formula is C21H31N3O4S. The van der Waals surface area contributed by atoms with Gasteiger partial charge in [0, 0.05) is 32.1 Å². The second-order valence-corrected chi connectivity index (χ2v) is 10.5. The van der Waals surface area contributed by atoms with E-state index in [0.717, 1.165) is 25.9 Å². The van der Waals surface area contributed by atoms with Crippen LogP contribution in [0.2, 0.25) is 0 Å². The molecule has 0 radical (unpaired) electrons. The zero-order chi connectivity index (χ0) is 20.5. The molecule has 0 aromatic heterocycles. The minimum atomic E-state index is -3.52. The normalized spacial score (nSPS) is 24.7. The van der Waals surface area contributed by atoms with Gasteiger partial charge in [0.1, 0.15) is 0 Å². The van der Waals surface area contributed by atoms with Crippen LogP contribution in [0.15, 0.2) is 35.2 Å². The van der Waals surface area contributed by atoms with Crippen LogP contribution in [0.5, 0.6) is 0 Å². The Bertz CT molecular complexity index is 814. The van der Waals surface area contributed by atoms with E-state index in [2.05, 4.69) is 11.9 Å². The number of likely N-dealkylation sites (tertiary alicyclic amines) is 2. The number of hydrogen-bond donors (Lipinski definition) is 0. The van der Waals surface area contributed by atoms with Gasteiger partial charge < -0.3 is 14.5 Å². The fourth-order valence-electron chi connectivity index (χ4n) is 4.71. The second-order valence-electron chi connectivity index (χ2n) is 8.59. The summed E-state index contributed by atoms with van der Waals surface area (Å²) in [7, 11) is -1.42. The number of amides is 1. The number of sulfonamides is 1. The topological polar surface area (TPSA) is 70.2 Å². The fraction of sp³-hybridized carbons (Fsp3) is 0.667. The van der Waals surface area contributed by atoms with Crippen LogP contribution < -0.4 is 0 Å². The maximum Gasteiger partial charge on any atom is 0.243 e. The summed E-state index contributed by atoms with van der Waals surface area (Å²) >= 11 is 0. The van der Waals surface area contributed by atoms with Gasteiger partial charge in [0.2, 0.25) is 15.9 Å². The molecule has 1 aromatic rings. The van der Waals surface area contributed by atoms with Crippen molar-refractivity contribution in [3.8, 4) is 0 Å². The molecule has 3 heterocycles. The molecule has 0 atom stereocenters. The molecule has 0 N–H and O–H groups in total. The molecule has 0 aliphatic carbocycles. The number of carbonyl (C=O) groups is 1. The van der Waals surface area contributed by atoms with Gasteiger partial charge in [0.25, 0.3) is 0 Å². The molecule has 29 heavy (non-hydrogen) atoms. The van der Waals surface area contributed by atoms with Crippen molar-refractivity contribution in [2.24, 2.45) is 5.92 Å². The van der Waals surface area contributed by atoms with Crippen LogP contribution in [0, 0.1) is 5.92 Å². The molecule has 160 valence electrons. The third-order valence-electron chi connectivity index (χ3n) is 6.65. The largest absolute Gasteiger partial charge is 0.372 e. The van der Waals surface area contributed by atoms with Crippen LogP contribution in [-0.2, 0) is 19.6 Å². The number of benzene rings is 1. The quantitative estimate of drug-likeness (QED) is 0.738. The van der Waals surface area contributed by atoms with Crippen molar-refractivity contribution < 1.29 is 17.9 Å². The summed E-state index contributed by atoms with van der Waals surface area (Å²) in [6.45, 7) is 4.37. The lowest BCUT2D eigenvalue weighted by Crippen LogP contribution is -2.59. The van der Waals surface area contributed by atoms with Crippen molar-refractivity contribution in [2.45, 2.75) is 36.2 Å². The Hall–Kier alpha value is -1.48. The first kappa shape index (κ1) is 20.8. The van der Waals surface area contributed by atoms with Crippen LogP contribution in [0.25, 0.3) is 0 Å². The summed E-state index contributed by atoms with van der Waals surface area (Å²) in [5.74, 6) is 0.389. The minimum Gasteiger partial charge on any atom is -0.372 e.